The van der Waals surface area contributed by atoms with Crippen molar-refractivity contribution in [1.29, 1.82) is 0 Å². The SMILES string of the molecule is CC1(C)c2ccccc2-c2ccc(N(c3ccc(-c4ccccc4)cc3)c3ccc(-c4ccc5c(c4)c4oc6ccccc6c4n5-c4ccccc4)cc3)cc21. The average molecular weight is 719 g/mol. The minimum absolute atomic E-state index is 0.0992. The van der Waals surface area contributed by atoms with Gasteiger partial charge in [0.05, 0.1) is 5.52 Å². The van der Waals surface area contributed by atoms with Crippen molar-refractivity contribution < 1.29 is 4.42 Å². The summed E-state index contributed by atoms with van der Waals surface area (Å²) in [6.45, 7) is 4.69. The van der Waals surface area contributed by atoms with Gasteiger partial charge in [-0.3, -0.25) is 0 Å². The Hall–Kier alpha value is -7.10. The van der Waals surface area contributed by atoms with Crippen LogP contribution in [0.5, 0.6) is 0 Å². The third-order valence-electron chi connectivity index (χ3n) is 11.8. The highest BCUT2D eigenvalue weighted by molar-refractivity contribution is 6.17. The van der Waals surface area contributed by atoms with Gasteiger partial charge in [-0.2, -0.15) is 0 Å². The highest BCUT2D eigenvalue weighted by Gasteiger charge is 2.35. The standard InChI is InChI=1S/C53H38N2O/c1-53(2)47-19-11-9-17-43(47)44-31-30-42(34-48(44)53)54(40-26-21-36(22-27-40)35-13-5-3-6-14-35)41-28-23-37(24-29-41)38-25-32-49-46(33-38)52-51(45-18-10-12-20-50(45)56-52)55(49)39-15-7-4-8-16-39/h3-34H,1-2H3. The van der Waals surface area contributed by atoms with E-state index >= 15 is 0 Å². The highest BCUT2D eigenvalue weighted by atomic mass is 16.3. The van der Waals surface area contributed by atoms with E-state index in [1.165, 1.54) is 33.4 Å². The summed E-state index contributed by atoms with van der Waals surface area (Å²) >= 11 is 0. The first-order valence-corrected chi connectivity index (χ1v) is 19.3. The molecule has 8 aromatic carbocycles. The Kier molecular flexibility index (Phi) is 7.20. The van der Waals surface area contributed by atoms with E-state index < -0.39 is 0 Å². The zero-order valence-electron chi connectivity index (χ0n) is 31.3. The number of fused-ring (bicyclic) bond motifs is 8. The average Bonchev–Trinajstić information content (AvgIpc) is 3.86. The maximum atomic E-state index is 6.58. The topological polar surface area (TPSA) is 21.3 Å². The summed E-state index contributed by atoms with van der Waals surface area (Å²) in [5.41, 5.74) is 18.5. The molecule has 1 aliphatic rings. The third-order valence-corrected chi connectivity index (χ3v) is 11.8. The first-order chi connectivity index (χ1) is 27.5. The quantitative estimate of drug-likeness (QED) is 0.171. The van der Waals surface area contributed by atoms with Crippen molar-refractivity contribution >= 4 is 50.0 Å². The van der Waals surface area contributed by atoms with E-state index in [1.807, 2.05) is 6.07 Å². The summed E-state index contributed by atoms with van der Waals surface area (Å²) in [6, 6.07) is 70.0. The van der Waals surface area contributed by atoms with Crippen molar-refractivity contribution in [3.63, 3.8) is 0 Å². The van der Waals surface area contributed by atoms with Crippen LogP contribution in [0.25, 0.3) is 72.0 Å². The van der Waals surface area contributed by atoms with Crippen molar-refractivity contribution in [3.8, 4) is 39.1 Å². The molecular formula is C53H38N2O. The molecule has 11 rings (SSSR count). The van der Waals surface area contributed by atoms with E-state index in [0.29, 0.717) is 0 Å². The number of rotatable bonds is 6. The van der Waals surface area contributed by atoms with Crippen LogP contribution in [0.15, 0.2) is 199 Å². The fourth-order valence-corrected chi connectivity index (χ4v) is 9.01. The minimum Gasteiger partial charge on any atom is -0.454 e. The smallest absolute Gasteiger partial charge is 0.161 e. The molecule has 266 valence electrons. The van der Waals surface area contributed by atoms with Crippen molar-refractivity contribution in [2.75, 3.05) is 4.90 Å². The molecule has 0 atom stereocenters. The number of hydrogen-bond acceptors (Lipinski definition) is 2. The summed E-state index contributed by atoms with van der Waals surface area (Å²) in [6.07, 6.45) is 0. The van der Waals surface area contributed by atoms with Gasteiger partial charge in [-0.25, -0.2) is 0 Å². The number of hydrogen-bond donors (Lipinski definition) is 0. The molecule has 3 heteroatoms. The van der Waals surface area contributed by atoms with Gasteiger partial charge in [0, 0.05) is 38.9 Å². The molecule has 3 nitrogen and oxygen atoms in total. The van der Waals surface area contributed by atoms with Gasteiger partial charge < -0.3 is 13.9 Å². The highest BCUT2D eigenvalue weighted by Crippen LogP contribution is 2.51. The minimum atomic E-state index is -0.0992. The molecule has 0 fully saturated rings. The summed E-state index contributed by atoms with van der Waals surface area (Å²) < 4.78 is 8.92. The Balaban J connectivity index is 1.02. The number of anilines is 3. The predicted molar refractivity (Wildman–Crippen MR) is 234 cm³/mol. The van der Waals surface area contributed by atoms with Crippen molar-refractivity contribution in [1.82, 2.24) is 4.57 Å². The second-order valence-electron chi connectivity index (χ2n) is 15.4. The first kappa shape index (κ1) is 32.3. The maximum Gasteiger partial charge on any atom is 0.161 e. The molecule has 0 spiro atoms. The third kappa shape index (κ3) is 4.98. The first-order valence-electron chi connectivity index (χ1n) is 19.3. The molecule has 0 bridgehead atoms. The second-order valence-corrected chi connectivity index (χ2v) is 15.4. The fourth-order valence-electron chi connectivity index (χ4n) is 9.01. The van der Waals surface area contributed by atoms with E-state index in [9.17, 15) is 0 Å². The molecule has 10 aromatic rings. The molecule has 0 saturated heterocycles. The van der Waals surface area contributed by atoms with Crippen LogP contribution in [0.2, 0.25) is 0 Å². The van der Waals surface area contributed by atoms with E-state index in [4.69, 9.17) is 4.42 Å². The van der Waals surface area contributed by atoms with Crippen LogP contribution >= 0.6 is 0 Å². The molecule has 0 aliphatic heterocycles. The number of para-hydroxylation sites is 2. The molecule has 0 unspecified atom stereocenters. The van der Waals surface area contributed by atoms with Crippen LogP contribution < -0.4 is 4.90 Å². The van der Waals surface area contributed by atoms with Crippen LogP contribution in [-0.2, 0) is 5.41 Å². The largest absolute Gasteiger partial charge is 0.454 e. The Labute approximate surface area is 326 Å². The molecule has 0 N–H and O–H groups in total. The van der Waals surface area contributed by atoms with Gasteiger partial charge in [0.1, 0.15) is 11.1 Å². The molecule has 2 aromatic heterocycles. The van der Waals surface area contributed by atoms with Gasteiger partial charge in [-0.1, -0.05) is 135 Å². The number of benzene rings is 8. The molecule has 1 aliphatic carbocycles. The number of furan rings is 1. The van der Waals surface area contributed by atoms with E-state index in [2.05, 4.69) is 211 Å². The van der Waals surface area contributed by atoms with Crippen molar-refractivity contribution in [2.45, 2.75) is 19.3 Å². The molecule has 0 amide bonds. The lowest BCUT2D eigenvalue weighted by atomic mass is 9.82. The lowest BCUT2D eigenvalue weighted by Crippen LogP contribution is -2.16. The molecular weight excluding hydrogens is 681 g/mol. The van der Waals surface area contributed by atoms with E-state index in [-0.39, 0.29) is 5.41 Å². The second kappa shape index (κ2) is 12.5. The summed E-state index contributed by atoms with van der Waals surface area (Å²) in [7, 11) is 0. The molecule has 2 heterocycles. The van der Waals surface area contributed by atoms with Gasteiger partial charge in [0.25, 0.3) is 0 Å². The Bertz CT molecular complexity index is 3080. The van der Waals surface area contributed by atoms with Crippen LogP contribution in [0.1, 0.15) is 25.0 Å². The zero-order chi connectivity index (χ0) is 37.4. The maximum absolute atomic E-state index is 6.58. The Morgan fingerprint density at radius 2 is 1.02 bits per heavy atom. The van der Waals surface area contributed by atoms with Gasteiger partial charge in [0.15, 0.2) is 5.58 Å². The predicted octanol–water partition coefficient (Wildman–Crippen LogP) is 14.6. The molecule has 0 saturated carbocycles. The van der Waals surface area contributed by atoms with Gasteiger partial charge in [-0.05, 0) is 117 Å². The fraction of sp³-hybridized carbons (Fsp3) is 0.0566. The van der Waals surface area contributed by atoms with Gasteiger partial charge in [-0.15, -0.1) is 0 Å². The normalized spacial score (nSPS) is 13.0. The number of aromatic nitrogens is 1. The lowest BCUT2D eigenvalue weighted by molar-refractivity contribution is 0.660. The monoisotopic (exact) mass is 718 g/mol. The Morgan fingerprint density at radius 3 is 1.77 bits per heavy atom. The van der Waals surface area contributed by atoms with Crippen LogP contribution in [-0.4, -0.2) is 4.57 Å². The summed E-state index contributed by atoms with van der Waals surface area (Å²) in [5.74, 6) is 0. The van der Waals surface area contributed by atoms with E-state index in [1.54, 1.807) is 0 Å². The van der Waals surface area contributed by atoms with Gasteiger partial charge in [0.2, 0.25) is 0 Å². The Morgan fingerprint density at radius 1 is 0.446 bits per heavy atom. The van der Waals surface area contributed by atoms with Crippen molar-refractivity contribution in [2.24, 2.45) is 0 Å². The van der Waals surface area contributed by atoms with Crippen LogP contribution in [0.4, 0.5) is 17.1 Å². The van der Waals surface area contributed by atoms with E-state index in [0.717, 1.165) is 66.8 Å². The molecule has 0 radical (unpaired) electrons. The molecule has 56 heavy (non-hydrogen) atoms. The summed E-state index contributed by atoms with van der Waals surface area (Å²) in [4.78, 5) is 2.39. The summed E-state index contributed by atoms with van der Waals surface area (Å²) in [5, 5.41) is 2.22. The number of nitrogens with zero attached hydrogens (tertiary/aromatic N) is 2. The lowest BCUT2D eigenvalue weighted by Gasteiger charge is -2.28. The zero-order valence-corrected chi connectivity index (χ0v) is 31.3. The van der Waals surface area contributed by atoms with Crippen LogP contribution in [0, 0.1) is 0 Å². The van der Waals surface area contributed by atoms with Crippen molar-refractivity contribution in [3.05, 3.63) is 205 Å². The van der Waals surface area contributed by atoms with Crippen LogP contribution in [0.3, 0.4) is 0 Å². The van der Waals surface area contributed by atoms with Gasteiger partial charge >= 0.3 is 0 Å².